The van der Waals surface area contributed by atoms with E-state index in [0.29, 0.717) is 36.9 Å². The SMILES string of the molecule is O=C(O)C1=C(CCl)CS[C@@H]2[C@H](NC(=S)Cc3cc(Cl)c(Cl)cc3Cl)C(=O)N12. The maximum Gasteiger partial charge on any atom is 0.352 e. The first-order chi connectivity index (χ1) is 12.7. The number of rotatable bonds is 5. The highest BCUT2D eigenvalue weighted by molar-refractivity contribution is 8.00. The molecule has 1 saturated heterocycles. The summed E-state index contributed by atoms with van der Waals surface area (Å²) in [7, 11) is 0. The molecule has 2 N–H and O–H groups in total. The van der Waals surface area contributed by atoms with E-state index in [2.05, 4.69) is 5.32 Å². The van der Waals surface area contributed by atoms with E-state index >= 15 is 0 Å². The molecule has 0 aliphatic carbocycles. The van der Waals surface area contributed by atoms with Gasteiger partial charge < -0.3 is 10.4 Å². The number of carboxylic acid groups (broad SMARTS) is 1. The first-order valence-electron chi connectivity index (χ1n) is 7.63. The molecule has 0 radical (unpaired) electrons. The molecule has 11 heteroatoms. The van der Waals surface area contributed by atoms with Gasteiger partial charge in [-0.25, -0.2) is 4.79 Å². The summed E-state index contributed by atoms with van der Waals surface area (Å²) in [6.45, 7) is 0. The van der Waals surface area contributed by atoms with Crippen LogP contribution in [0.15, 0.2) is 23.4 Å². The summed E-state index contributed by atoms with van der Waals surface area (Å²) >= 11 is 30.7. The van der Waals surface area contributed by atoms with Gasteiger partial charge in [0, 0.05) is 23.1 Å². The van der Waals surface area contributed by atoms with Gasteiger partial charge in [-0.05, 0) is 23.3 Å². The zero-order valence-corrected chi connectivity index (χ0v) is 18.1. The molecule has 1 aromatic carbocycles. The molecule has 27 heavy (non-hydrogen) atoms. The molecule has 144 valence electrons. The normalized spacial score (nSPS) is 21.6. The van der Waals surface area contributed by atoms with Crippen molar-refractivity contribution < 1.29 is 14.7 Å². The lowest BCUT2D eigenvalue weighted by molar-refractivity contribution is -0.148. The van der Waals surface area contributed by atoms with Crippen LogP contribution in [0, 0.1) is 0 Å². The molecule has 0 aromatic heterocycles. The Bertz CT molecular complexity index is 877. The number of thioether (sulfide) groups is 1. The minimum Gasteiger partial charge on any atom is -0.477 e. The van der Waals surface area contributed by atoms with Gasteiger partial charge in [0.1, 0.15) is 17.1 Å². The highest BCUT2D eigenvalue weighted by Crippen LogP contribution is 2.40. The van der Waals surface area contributed by atoms with E-state index in [4.69, 9.17) is 58.6 Å². The fourth-order valence-electron chi connectivity index (χ4n) is 2.88. The van der Waals surface area contributed by atoms with Crippen molar-refractivity contribution in [2.75, 3.05) is 11.6 Å². The fraction of sp³-hybridized carbons (Fsp3) is 0.312. The van der Waals surface area contributed by atoms with E-state index in [1.54, 1.807) is 6.07 Å². The van der Waals surface area contributed by atoms with Gasteiger partial charge in [0.2, 0.25) is 0 Å². The third-order valence-corrected chi connectivity index (χ3v) is 7.17. The number of thiocarbonyl (C=S) groups is 1. The number of hydrogen-bond donors (Lipinski definition) is 2. The number of alkyl halides is 1. The molecule has 2 aliphatic heterocycles. The monoisotopic (exact) mass is 484 g/mol. The summed E-state index contributed by atoms with van der Waals surface area (Å²) in [5.74, 6) is -0.997. The molecule has 2 aliphatic rings. The van der Waals surface area contributed by atoms with Gasteiger partial charge in [-0.1, -0.05) is 47.0 Å². The quantitative estimate of drug-likeness (QED) is 0.284. The number of carbonyl (C=O) groups is 2. The van der Waals surface area contributed by atoms with Crippen LogP contribution < -0.4 is 5.32 Å². The molecule has 0 bridgehead atoms. The number of nitrogens with one attached hydrogen (secondary N) is 1. The van der Waals surface area contributed by atoms with E-state index in [1.165, 1.54) is 22.7 Å². The van der Waals surface area contributed by atoms with Crippen LogP contribution in [0.3, 0.4) is 0 Å². The number of benzene rings is 1. The van der Waals surface area contributed by atoms with Crippen molar-refractivity contribution in [1.82, 2.24) is 10.2 Å². The van der Waals surface area contributed by atoms with Crippen LogP contribution in [-0.4, -0.2) is 49.9 Å². The van der Waals surface area contributed by atoms with E-state index in [-0.39, 0.29) is 29.3 Å². The van der Waals surface area contributed by atoms with Crippen molar-refractivity contribution in [3.05, 3.63) is 44.0 Å². The maximum atomic E-state index is 12.5. The van der Waals surface area contributed by atoms with Gasteiger partial charge in [0.05, 0.1) is 15.0 Å². The van der Waals surface area contributed by atoms with E-state index in [1.807, 2.05) is 0 Å². The van der Waals surface area contributed by atoms with Crippen LogP contribution in [-0.2, 0) is 16.0 Å². The van der Waals surface area contributed by atoms with Crippen LogP contribution >= 0.6 is 70.4 Å². The molecular weight excluding hydrogens is 474 g/mol. The van der Waals surface area contributed by atoms with Gasteiger partial charge in [-0.2, -0.15) is 0 Å². The van der Waals surface area contributed by atoms with Crippen LogP contribution in [0.5, 0.6) is 0 Å². The number of halogens is 4. The Hall–Kier alpha value is -0.700. The molecule has 1 fully saturated rings. The Morgan fingerprint density at radius 2 is 1.96 bits per heavy atom. The van der Waals surface area contributed by atoms with Crippen molar-refractivity contribution >= 4 is 87.2 Å². The number of fused-ring (bicyclic) bond motifs is 1. The number of nitrogens with zero attached hydrogens (tertiary/aromatic N) is 1. The van der Waals surface area contributed by atoms with Gasteiger partial charge in [-0.15, -0.1) is 23.4 Å². The highest BCUT2D eigenvalue weighted by Gasteiger charge is 2.53. The summed E-state index contributed by atoms with van der Waals surface area (Å²) in [4.78, 5) is 25.7. The van der Waals surface area contributed by atoms with Crippen LogP contribution in [0.4, 0.5) is 0 Å². The number of hydrogen-bond acceptors (Lipinski definition) is 4. The van der Waals surface area contributed by atoms with Crippen LogP contribution in [0.25, 0.3) is 0 Å². The second-order valence-corrected chi connectivity index (χ2v) is 8.97. The summed E-state index contributed by atoms with van der Waals surface area (Å²) < 4.78 is 0. The van der Waals surface area contributed by atoms with Crippen molar-refractivity contribution in [2.24, 2.45) is 0 Å². The Balaban J connectivity index is 1.71. The smallest absolute Gasteiger partial charge is 0.352 e. The predicted octanol–water partition coefficient (Wildman–Crippen LogP) is 3.97. The van der Waals surface area contributed by atoms with Gasteiger partial charge >= 0.3 is 5.97 Å². The zero-order chi connectivity index (χ0) is 19.9. The average Bonchev–Trinajstić information content (AvgIpc) is 2.62. The lowest BCUT2D eigenvalue weighted by Crippen LogP contribution is -2.70. The fourth-order valence-corrected chi connectivity index (χ4v) is 5.48. The van der Waals surface area contributed by atoms with Crippen molar-refractivity contribution in [3.8, 4) is 0 Å². The summed E-state index contributed by atoms with van der Waals surface area (Å²) in [6, 6.07) is 2.56. The maximum absolute atomic E-state index is 12.5. The minimum absolute atomic E-state index is 0.0322. The molecular formula is C16H12Cl4N2O3S2. The van der Waals surface area contributed by atoms with E-state index in [9.17, 15) is 14.7 Å². The Morgan fingerprint density at radius 3 is 2.59 bits per heavy atom. The van der Waals surface area contributed by atoms with Crippen LogP contribution in [0.2, 0.25) is 15.1 Å². The number of β-lactam (4-membered cyclic amide) rings is 1. The molecule has 5 nitrogen and oxygen atoms in total. The standard InChI is InChI=1S/C16H12Cl4N2O3S2/c17-4-7-5-27-15-12(14(23)22(15)13(7)16(24)25)21-11(26)2-6-1-9(19)10(20)3-8(6)18/h1,3,12,15H,2,4-5H2,(H,21,26)(H,24,25)/t12-,15-/m1/s1. The first kappa shape index (κ1) is 21.0. The molecule has 3 rings (SSSR count). The Labute approximate surface area is 185 Å². The average molecular weight is 486 g/mol. The largest absolute Gasteiger partial charge is 0.477 e. The van der Waals surface area contributed by atoms with Crippen LogP contribution in [0.1, 0.15) is 5.56 Å². The Kier molecular flexibility index (Phi) is 6.50. The molecule has 0 saturated carbocycles. The molecule has 0 unspecified atom stereocenters. The molecule has 2 atom stereocenters. The van der Waals surface area contributed by atoms with Crippen molar-refractivity contribution in [2.45, 2.75) is 17.8 Å². The summed E-state index contributed by atoms with van der Waals surface area (Å²) in [6.07, 6.45) is 0.279. The number of amides is 1. The summed E-state index contributed by atoms with van der Waals surface area (Å²) in [5, 5.41) is 13.2. The van der Waals surface area contributed by atoms with E-state index in [0.717, 1.165) is 0 Å². The summed E-state index contributed by atoms with van der Waals surface area (Å²) in [5.41, 5.74) is 1.18. The highest BCUT2D eigenvalue weighted by atomic mass is 35.5. The second-order valence-electron chi connectivity index (χ2n) is 5.88. The molecule has 0 spiro atoms. The topological polar surface area (TPSA) is 69.6 Å². The lowest BCUT2D eigenvalue weighted by Gasteiger charge is -2.49. The minimum atomic E-state index is -1.16. The molecule has 1 aromatic rings. The first-order valence-corrected chi connectivity index (χ1v) is 10.8. The number of carboxylic acids is 1. The third kappa shape index (κ3) is 4.04. The zero-order valence-electron chi connectivity index (χ0n) is 13.5. The van der Waals surface area contributed by atoms with Gasteiger partial charge in [0.15, 0.2) is 0 Å². The van der Waals surface area contributed by atoms with Gasteiger partial charge in [0.25, 0.3) is 5.91 Å². The lowest BCUT2D eigenvalue weighted by atomic mass is 10.0. The number of aliphatic carboxylic acids is 1. The second kappa shape index (κ2) is 8.35. The molecule has 1 amide bonds. The molecule has 2 heterocycles. The Morgan fingerprint density at radius 1 is 1.30 bits per heavy atom. The number of carbonyl (C=O) groups excluding carboxylic acids is 1. The van der Waals surface area contributed by atoms with Crippen molar-refractivity contribution in [3.63, 3.8) is 0 Å². The predicted molar refractivity (Wildman–Crippen MR) is 113 cm³/mol. The third-order valence-electron chi connectivity index (χ3n) is 4.17. The van der Waals surface area contributed by atoms with Gasteiger partial charge in [-0.3, -0.25) is 9.69 Å². The van der Waals surface area contributed by atoms with Crippen molar-refractivity contribution in [1.29, 1.82) is 0 Å². The van der Waals surface area contributed by atoms with E-state index < -0.39 is 12.0 Å².